The minimum atomic E-state index is -3.73. The molecule has 2 heterocycles. The van der Waals surface area contributed by atoms with E-state index in [1.165, 1.54) is 4.90 Å². The number of carbonyl (C=O) groups is 1. The molecule has 21 heavy (non-hydrogen) atoms. The summed E-state index contributed by atoms with van der Waals surface area (Å²) in [6, 6.07) is 6.92. The number of nitrogens with one attached hydrogen (secondary N) is 1. The summed E-state index contributed by atoms with van der Waals surface area (Å²) in [5.74, 6) is 0.116. The van der Waals surface area contributed by atoms with Crippen molar-refractivity contribution in [1.29, 1.82) is 0 Å². The maximum atomic E-state index is 12.0. The molecule has 0 aliphatic carbocycles. The zero-order valence-corrected chi connectivity index (χ0v) is 11.6. The van der Waals surface area contributed by atoms with Gasteiger partial charge >= 0.3 is 0 Å². The van der Waals surface area contributed by atoms with E-state index in [-0.39, 0.29) is 18.9 Å². The average Bonchev–Trinajstić information content (AvgIpc) is 3.07. The third-order valence-electron chi connectivity index (χ3n) is 3.32. The Morgan fingerprint density at radius 1 is 1.38 bits per heavy atom. The summed E-state index contributed by atoms with van der Waals surface area (Å²) >= 11 is 0. The number of hydrogen-bond donors (Lipinski definition) is 2. The van der Waals surface area contributed by atoms with Gasteiger partial charge in [-0.25, -0.2) is 13.6 Å². The van der Waals surface area contributed by atoms with Crippen LogP contribution in [0.25, 0.3) is 11.4 Å². The molecule has 1 fully saturated rings. The molecule has 110 valence electrons. The third-order valence-corrected chi connectivity index (χ3v) is 4.56. The van der Waals surface area contributed by atoms with Gasteiger partial charge in [0.2, 0.25) is 21.8 Å². The zero-order valence-electron chi connectivity index (χ0n) is 10.8. The summed E-state index contributed by atoms with van der Waals surface area (Å²) in [5.41, 5.74) is 1.25. The quantitative estimate of drug-likeness (QED) is 0.766. The minimum Gasteiger partial charge on any atom is -0.311 e. The third kappa shape index (κ3) is 2.62. The fourth-order valence-electron chi connectivity index (χ4n) is 2.24. The number of anilines is 1. The lowest BCUT2D eigenvalue weighted by Gasteiger charge is -2.16. The molecule has 3 rings (SSSR count). The van der Waals surface area contributed by atoms with Crippen molar-refractivity contribution in [1.82, 2.24) is 20.6 Å². The van der Waals surface area contributed by atoms with Gasteiger partial charge in [0.25, 0.3) is 0 Å². The van der Waals surface area contributed by atoms with Crippen molar-refractivity contribution in [3.05, 3.63) is 24.3 Å². The molecule has 1 aromatic carbocycles. The maximum absolute atomic E-state index is 12.0. The molecule has 1 unspecified atom stereocenters. The van der Waals surface area contributed by atoms with Gasteiger partial charge in [-0.05, 0) is 17.3 Å². The first-order valence-electron chi connectivity index (χ1n) is 6.11. The van der Waals surface area contributed by atoms with Gasteiger partial charge in [-0.3, -0.25) is 4.79 Å². The Balaban J connectivity index is 1.91. The van der Waals surface area contributed by atoms with Crippen LogP contribution in [-0.2, 0) is 14.8 Å². The Kier molecular flexibility index (Phi) is 3.18. The van der Waals surface area contributed by atoms with E-state index in [0.29, 0.717) is 17.1 Å². The van der Waals surface area contributed by atoms with Gasteiger partial charge in [0, 0.05) is 24.2 Å². The number of rotatable bonds is 3. The minimum absolute atomic E-state index is 0.0490. The number of sulfonamides is 1. The van der Waals surface area contributed by atoms with Gasteiger partial charge in [-0.2, -0.15) is 5.21 Å². The summed E-state index contributed by atoms with van der Waals surface area (Å²) in [6.45, 7) is 0.0490. The standard InChI is InChI=1S/C11H12N6O3S/c12-21(19,20)9-5-10(18)17(6-9)8-3-1-2-7(4-8)11-13-15-16-14-11/h1-4,9H,5-6H2,(H2,12,19,20)(H,13,14,15,16). The largest absolute Gasteiger partial charge is 0.311 e. The second kappa shape index (κ2) is 4.90. The molecule has 0 saturated carbocycles. The molecule has 0 spiro atoms. The highest BCUT2D eigenvalue weighted by atomic mass is 32.2. The SMILES string of the molecule is NS(=O)(=O)C1CC(=O)N(c2cccc(-c3nn[nH]n3)c2)C1. The van der Waals surface area contributed by atoms with E-state index in [2.05, 4.69) is 20.6 Å². The monoisotopic (exact) mass is 308 g/mol. The van der Waals surface area contributed by atoms with E-state index >= 15 is 0 Å². The number of tetrazole rings is 1. The summed E-state index contributed by atoms with van der Waals surface area (Å²) < 4.78 is 22.8. The summed E-state index contributed by atoms with van der Waals surface area (Å²) in [7, 11) is -3.73. The van der Waals surface area contributed by atoms with Crippen molar-refractivity contribution in [3.8, 4) is 11.4 Å². The van der Waals surface area contributed by atoms with Crippen LogP contribution in [0.1, 0.15) is 6.42 Å². The van der Waals surface area contributed by atoms with E-state index in [9.17, 15) is 13.2 Å². The summed E-state index contributed by atoms with van der Waals surface area (Å²) in [6.07, 6.45) is -0.106. The molecule has 1 amide bonds. The van der Waals surface area contributed by atoms with Crippen molar-refractivity contribution >= 4 is 21.6 Å². The zero-order chi connectivity index (χ0) is 15.0. The van der Waals surface area contributed by atoms with Gasteiger partial charge in [0.05, 0.1) is 0 Å². The molecule has 1 saturated heterocycles. The lowest BCUT2D eigenvalue weighted by Crippen LogP contribution is -2.32. The smallest absolute Gasteiger partial charge is 0.228 e. The number of aromatic nitrogens is 4. The van der Waals surface area contributed by atoms with E-state index in [1.807, 2.05) is 0 Å². The molecule has 9 nitrogen and oxygen atoms in total. The van der Waals surface area contributed by atoms with Crippen molar-refractivity contribution in [3.63, 3.8) is 0 Å². The molecule has 0 bridgehead atoms. The van der Waals surface area contributed by atoms with Gasteiger partial charge in [-0.15, -0.1) is 10.2 Å². The fraction of sp³-hybridized carbons (Fsp3) is 0.273. The van der Waals surface area contributed by atoms with E-state index in [4.69, 9.17) is 5.14 Å². The van der Waals surface area contributed by atoms with Crippen molar-refractivity contribution in [2.45, 2.75) is 11.7 Å². The van der Waals surface area contributed by atoms with Crippen LogP contribution in [0.2, 0.25) is 0 Å². The number of hydrogen-bond acceptors (Lipinski definition) is 6. The van der Waals surface area contributed by atoms with Crippen LogP contribution >= 0.6 is 0 Å². The molecule has 2 aromatic rings. The van der Waals surface area contributed by atoms with Gasteiger partial charge in [0.1, 0.15) is 5.25 Å². The Morgan fingerprint density at radius 2 is 2.19 bits per heavy atom. The molecule has 10 heteroatoms. The Labute approximate surface area is 120 Å². The van der Waals surface area contributed by atoms with Crippen molar-refractivity contribution < 1.29 is 13.2 Å². The lowest BCUT2D eigenvalue weighted by molar-refractivity contribution is -0.117. The fourth-order valence-corrected chi connectivity index (χ4v) is 2.97. The molecule has 1 aromatic heterocycles. The molecule has 1 atom stereocenters. The molecule has 0 radical (unpaired) electrons. The van der Waals surface area contributed by atoms with E-state index < -0.39 is 15.3 Å². The van der Waals surface area contributed by atoms with Crippen LogP contribution in [0.3, 0.4) is 0 Å². The number of nitrogens with zero attached hydrogens (tertiary/aromatic N) is 4. The number of aromatic amines is 1. The normalized spacial score (nSPS) is 19.2. The number of H-pyrrole nitrogens is 1. The Hall–Kier alpha value is -2.33. The number of benzene rings is 1. The van der Waals surface area contributed by atoms with Crippen LogP contribution in [0.15, 0.2) is 24.3 Å². The van der Waals surface area contributed by atoms with Gasteiger partial charge in [0.15, 0.2) is 0 Å². The molecule has 1 aliphatic heterocycles. The number of amides is 1. The molecule has 3 N–H and O–H groups in total. The Morgan fingerprint density at radius 3 is 2.81 bits per heavy atom. The first kappa shape index (κ1) is 13.6. The highest BCUT2D eigenvalue weighted by molar-refractivity contribution is 7.89. The van der Waals surface area contributed by atoms with Crippen LogP contribution in [0.5, 0.6) is 0 Å². The second-order valence-electron chi connectivity index (χ2n) is 4.71. The summed E-state index contributed by atoms with van der Waals surface area (Å²) in [4.78, 5) is 13.4. The predicted octanol–water partition coefficient (Wildman–Crippen LogP) is -0.739. The van der Waals surface area contributed by atoms with Crippen LogP contribution in [0.4, 0.5) is 5.69 Å². The van der Waals surface area contributed by atoms with Gasteiger partial charge < -0.3 is 4.90 Å². The van der Waals surface area contributed by atoms with Gasteiger partial charge in [-0.1, -0.05) is 12.1 Å². The second-order valence-corrected chi connectivity index (χ2v) is 6.55. The Bertz CT molecular complexity index is 773. The number of nitrogens with two attached hydrogens (primary N) is 1. The first-order chi connectivity index (χ1) is 9.95. The first-order valence-corrected chi connectivity index (χ1v) is 7.72. The van der Waals surface area contributed by atoms with Crippen molar-refractivity contribution in [2.24, 2.45) is 5.14 Å². The van der Waals surface area contributed by atoms with Crippen LogP contribution < -0.4 is 10.0 Å². The summed E-state index contributed by atoms with van der Waals surface area (Å²) in [5, 5.41) is 17.8. The van der Waals surface area contributed by atoms with E-state index in [0.717, 1.165) is 0 Å². The highest BCUT2D eigenvalue weighted by Gasteiger charge is 2.37. The van der Waals surface area contributed by atoms with Crippen LogP contribution in [-0.4, -0.2) is 46.7 Å². The maximum Gasteiger partial charge on any atom is 0.228 e. The number of primary sulfonamides is 1. The highest BCUT2D eigenvalue weighted by Crippen LogP contribution is 2.27. The molecular formula is C11H12N6O3S. The topological polar surface area (TPSA) is 135 Å². The predicted molar refractivity (Wildman–Crippen MR) is 73.5 cm³/mol. The van der Waals surface area contributed by atoms with Crippen LogP contribution in [0, 0.1) is 0 Å². The molecular weight excluding hydrogens is 296 g/mol. The van der Waals surface area contributed by atoms with Crippen molar-refractivity contribution in [2.75, 3.05) is 11.4 Å². The average molecular weight is 308 g/mol. The number of carbonyl (C=O) groups excluding carboxylic acids is 1. The molecule has 1 aliphatic rings. The van der Waals surface area contributed by atoms with E-state index in [1.54, 1.807) is 24.3 Å². The lowest BCUT2D eigenvalue weighted by atomic mass is 10.2.